The average Bonchev–Trinajstić information content (AvgIpc) is 2.77. The van der Waals surface area contributed by atoms with Crippen LogP contribution in [0.3, 0.4) is 0 Å². The highest BCUT2D eigenvalue weighted by molar-refractivity contribution is 8.26. The number of carbonyl (C=O) groups is 2. The lowest BCUT2D eigenvalue weighted by Crippen LogP contribution is -2.29. The third-order valence-electron chi connectivity index (χ3n) is 3.13. The van der Waals surface area contributed by atoms with Crippen molar-refractivity contribution in [2.75, 3.05) is 13.2 Å². The third-order valence-corrected chi connectivity index (χ3v) is 4.86. The minimum Gasteiger partial charge on any atom is -0.466 e. The topological polar surface area (TPSA) is 46.6 Å². The quantitative estimate of drug-likeness (QED) is 0.432. The highest BCUT2D eigenvalue weighted by Gasteiger charge is 2.31. The van der Waals surface area contributed by atoms with Gasteiger partial charge in [0.1, 0.15) is 4.32 Å². The van der Waals surface area contributed by atoms with E-state index in [4.69, 9.17) is 28.6 Å². The maximum atomic E-state index is 12.4. The molecule has 0 atom stereocenters. The summed E-state index contributed by atoms with van der Waals surface area (Å²) in [5.74, 6) is -0.409. The van der Waals surface area contributed by atoms with Crippen LogP contribution in [0.4, 0.5) is 0 Å². The van der Waals surface area contributed by atoms with E-state index < -0.39 is 0 Å². The summed E-state index contributed by atoms with van der Waals surface area (Å²) >= 11 is 12.6. The van der Waals surface area contributed by atoms with Crippen LogP contribution in [0, 0.1) is 0 Å². The lowest BCUT2D eigenvalue weighted by Gasteiger charge is -2.13. The zero-order chi connectivity index (χ0) is 16.8. The molecule has 1 aromatic carbocycles. The van der Waals surface area contributed by atoms with Crippen LogP contribution in [0.25, 0.3) is 6.08 Å². The highest BCUT2D eigenvalue weighted by atomic mass is 35.5. The van der Waals surface area contributed by atoms with Crippen molar-refractivity contribution in [3.8, 4) is 0 Å². The molecule has 1 aliphatic rings. The first-order valence-electron chi connectivity index (χ1n) is 7.18. The Morgan fingerprint density at radius 1 is 1.43 bits per heavy atom. The number of hydrogen-bond acceptors (Lipinski definition) is 5. The Labute approximate surface area is 149 Å². The van der Waals surface area contributed by atoms with Gasteiger partial charge in [0.05, 0.1) is 11.5 Å². The van der Waals surface area contributed by atoms with E-state index >= 15 is 0 Å². The summed E-state index contributed by atoms with van der Waals surface area (Å²) < 4.78 is 5.36. The van der Waals surface area contributed by atoms with Crippen LogP contribution in [-0.2, 0) is 14.3 Å². The van der Waals surface area contributed by atoms with Gasteiger partial charge in [-0.25, -0.2) is 0 Å². The second-order valence-electron chi connectivity index (χ2n) is 4.76. The Balaban J connectivity index is 2.00. The summed E-state index contributed by atoms with van der Waals surface area (Å²) in [6.07, 6.45) is 2.53. The van der Waals surface area contributed by atoms with Gasteiger partial charge in [-0.1, -0.05) is 53.8 Å². The van der Waals surface area contributed by atoms with E-state index in [1.807, 2.05) is 18.2 Å². The summed E-state index contributed by atoms with van der Waals surface area (Å²) in [7, 11) is 0. The fourth-order valence-electron chi connectivity index (χ4n) is 2.04. The van der Waals surface area contributed by atoms with Gasteiger partial charge in [-0.05, 0) is 31.1 Å². The summed E-state index contributed by atoms with van der Waals surface area (Å²) in [6, 6.07) is 7.31. The van der Waals surface area contributed by atoms with E-state index in [2.05, 4.69) is 0 Å². The van der Waals surface area contributed by atoms with Crippen molar-refractivity contribution in [3.63, 3.8) is 0 Å². The second-order valence-corrected chi connectivity index (χ2v) is 6.85. The van der Waals surface area contributed by atoms with E-state index in [1.54, 1.807) is 19.1 Å². The van der Waals surface area contributed by atoms with Crippen LogP contribution in [0.1, 0.15) is 25.3 Å². The van der Waals surface area contributed by atoms with Crippen LogP contribution < -0.4 is 0 Å². The van der Waals surface area contributed by atoms with Gasteiger partial charge in [0.2, 0.25) is 0 Å². The van der Waals surface area contributed by atoms with E-state index in [0.29, 0.717) is 33.8 Å². The molecule has 0 N–H and O–H groups in total. The first-order valence-corrected chi connectivity index (χ1v) is 8.78. The molecule has 1 saturated heterocycles. The Bertz CT molecular complexity index is 660. The molecule has 0 radical (unpaired) electrons. The number of thiocarbonyl (C=S) groups is 1. The lowest BCUT2D eigenvalue weighted by molar-refractivity contribution is -0.143. The molecule has 0 unspecified atom stereocenters. The smallest absolute Gasteiger partial charge is 0.305 e. The van der Waals surface area contributed by atoms with Gasteiger partial charge in [0, 0.05) is 18.0 Å². The maximum absolute atomic E-state index is 12.4. The van der Waals surface area contributed by atoms with Gasteiger partial charge in [-0.2, -0.15) is 0 Å². The average molecular weight is 370 g/mol. The molecule has 4 nitrogen and oxygen atoms in total. The molecule has 23 heavy (non-hydrogen) atoms. The SMILES string of the molecule is CCOC(=O)CCCN1C(=O)/C(=C\c2ccccc2Cl)SC1=S. The molecule has 7 heteroatoms. The zero-order valence-electron chi connectivity index (χ0n) is 12.6. The predicted molar refractivity (Wildman–Crippen MR) is 97.2 cm³/mol. The van der Waals surface area contributed by atoms with Crippen LogP contribution in [0.15, 0.2) is 29.2 Å². The van der Waals surface area contributed by atoms with Crippen LogP contribution in [-0.4, -0.2) is 34.2 Å². The molecule has 1 heterocycles. The zero-order valence-corrected chi connectivity index (χ0v) is 15.0. The second kappa shape index (κ2) is 8.47. The van der Waals surface area contributed by atoms with Crippen molar-refractivity contribution in [1.29, 1.82) is 0 Å². The Hall–Kier alpha value is -1.37. The Morgan fingerprint density at radius 3 is 2.87 bits per heavy atom. The minimum atomic E-state index is -0.260. The molecule has 1 amide bonds. The molecule has 1 aromatic rings. The molecular formula is C16H16ClNO3S2. The van der Waals surface area contributed by atoms with Gasteiger partial charge in [-0.15, -0.1) is 0 Å². The van der Waals surface area contributed by atoms with E-state index in [-0.39, 0.29) is 18.3 Å². The summed E-state index contributed by atoms with van der Waals surface area (Å²) in [5.41, 5.74) is 0.779. The molecule has 1 aliphatic heterocycles. The van der Waals surface area contributed by atoms with Crippen molar-refractivity contribution >= 4 is 57.9 Å². The van der Waals surface area contributed by atoms with Crippen molar-refractivity contribution < 1.29 is 14.3 Å². The monoisotopic (exact) mass is 369 g/mol. The van der Waals surface area contributed by atoms with Crippen molar-refractivity contribution in [1.82, 2.24) is 4.90 Å². The molecule has 1 fully saturated rings. The normalized spacial score (nSPS) is 16.3. The van der Waals surface area contributed by atoms with Crippen LogP contribution in [0.2, 0.25) is 5.02 Å². The minimum absolute atomic E-state index is 0.149. The molecular weight excluding hydrogens is 354 g/mol. The van der Waals surface area contributed by atoms with Gasteiger partial charge in [0.25, 0.3) is 5.91 Å². The predicted octanol–water partition coefficient (Wildman–Crippen LogP) is 3.88. The first kappa shape index (κ1) is 18.0. The van der Waals surface area contributed by atoms with Crippen LogP contribution >= 0.6 is 35.6 Å². The van der Waals surface area contributed by atoms with E-state index in [9.17, 15) is 9.59 Å². The number of esters is 1. The number of benzene rings is 1. The van der Waals surface area contributed by atoms with Gasteiger partial charge >= 0.3 is 5.97 Å². The number of nitrogens with zero attached hydrogens (tertiary/aromatic N) is 1. The maximum Gasteiger partial charge on any atom is 0.305 e. The summed E-state index contributed by atoms with van der Waals surface area (Å²) in [5, 5.41) is 0.583. The summed E-state index contributed by atoms with van der Waals surface area (Å²) in [4.78, 5) is 25.8. The Kier molecular flexibility index (Phi) is 6.62. The number of amides is 1. The fourth-order valence-corrected chi connectivity index (χ4v) is 3.53. The number of rotatable bonds is 6. The molecule has 0 saturated carbocycles. The molecule has 0 aliphatic carbocycles. The van der Waals surface area contributed by atoms with E-state index in [0.717, 1.165) is 5.56 Å². The first-order chi connectivity index (χ1) is 11.0. The number of ether oxygens (including phenoxy) is 1. The lowest BCUT2D eigenvalue weighted by atomic mass is 10.2. The van der Waals surface area contributed by atoms with Crippen molar-refractivity contribution in [3.05, 3.63) is 39.8 Å². The van der Waals surface area contributed by atoms with Gasteiger partial charge < -0.3 is 4.74 Å². The number of carbonyl (C=O) groups excluding carboxylic acids is 2. The van der Waals surface area contributed by atoms with Crippen molar-refractivity contribution in [2.24, 2.45) is 0 Å². The highest BCUT2D eigenvalue weighted by Crippen LogP contribution is 2.33. The molecule has 2 rings (SSSR count). The number of hydrogen-bond donors (Lipinski definition) is 0. The van der Waals surface area contributed by atoms with Gasteiger partial charge in [0.15, 0.2) is 0 Å². The fraction of sp³-hybridized carbons (Fsp3) is 0.312. The molecule has 122 valence electrons. The van der Waals surface area contributed by atoms with Crippen LogP contribution in [0.5, 0.6) is 0 Å². The standard InChI is InChI=1S/C16H16ClNO3S2/c1-2-21-14(19)8-5-9-18-15(20)13(23-16(18)22)10-11-6-3-4-7-12(11)17/h3-4,6-7,10H,2,5,8-9H2,1H3/b13-10+. The van der Waals surface area contributed by atoms with Crippen molar-refractivity contribution in [2.45, 2.75) is 19.8 Å². The number of thioether (sulfide) groups is 1. The third kappa shape index (κ3) is 4.80. The van der Waals surface area contributed by atoms with E-state index in [1.165, 1.54) is 16.7 Å². The summed E-state index contributed by atoms with van der Waals surface area (Å²) in [6.45, 7) is 2.53. The molecule has 0 spiro atoms. The number of halogens is 1. The molecule has 0 bridgehead atoms. The van der Waals surface area contributed by atoms with Gasteiger partial charge in [-0.3, -0.25) is 14.5 Å². The molecule has 0 aromatic heterocycles. The Morgan fingerprint density at radius 2 is 2.17 bits per heavy atom. The largest absolute Gasteiger partial charge is 0.466 e.